The van der Waals surface area contributed by atoms with Crippen LogP contribution in [0.1, 0.15) is 65.2 Å². The molecule has 2 aliphatic carbocycles. The molecule has 0 radical (unpaired) electrons. The Labute approximate surface area is 166 Å². The molecule has 0 aliphatic heterocycles. The van der Waals surface area contributed by atoms with E-state index in [0.717, 1.165) is 45.1 Å². The third-order valence-corrected chi connectivity index (χ3v) is 6.19. The molecule has 2 aliphatic rings. The van der Waals surface area contributed by atoms with Crippen molar-refractivity contribution in [3.63, 3.8) is 0 Å². The highest BCUT2D eigenvalue weighted by atomic mass is 16.3. The average molecular weight is 376 g/mol. The maximum atomic E-state index is 10.5. The monoisotopic (exact) mass is 375 g/mol. The fourth-order valence-electron chi connectivity index (χ4n) is 4.57. The SMILES string of the molecule is CCCC[C@](C)(O)C/C=C/[C@@H]1[C@H]2CC(/C=C\CCCN(C)C)=C[C@H]2C[C@H]1O. The smallest absolute Gasteiger partial charge is 0.0654 e. The zero-order chi connectivity index (χ0) is 19.9. The van der Waals surface area contributed by atoms with Crippen molar-refractivity contribution in [1.29, 1.82) is 0 Å². The predicted octanol–water partition coefficient (Wildman–Crippen LogP) is 4.72. The van der Waals surface area contributed by atoms with Crippen molar-refractivity contribution in [2.24, 2.45) is 17.8 Å². The van der Waals surface area contributed by atoms with Gasteiger partial charge in [0.05, 0.1) is 11.7 Å². The molecule has 0 aromatic carbocycles. The van der Waals surface area contributed by atoms with E-state index in [1.807, 2.05) is 6.92 Å². The lowest BCUT2D eigenvalue weighted by molar-refractivity contribution is 0.0513. The number of allylic oxidation sites excluding steroid dienone is 4. The van der Waals surface area contributed by atoms with Gasteiger partial charge in [-0.3, -0.25) is 0 Å². The van der Waals surface area contributed by atoms with Crippen molar-refractivity contribution in [3.05, 3.63) is 36.0 Å². The van der Waals surface area contributed by atoms with E-state index < -0.39 is 5.60 Å². The molecule has 2 rings (SSSR count). The second-order valence-corrected chi connectivity index (χ2v) is 9.23. The van der Waals surface area contributed by atoms with Crippen molar-refractivity contribution in [1.82, 2.24) is 4.90 Å². The molecule has 0 spiro atoms. The Bertz CT molecular complexity index is 532. The third-order valence-electron chi connectivity index (χ3n) is 6.19. The third kappa shape index (κ3) is 7.21. The Balaban J connectivity index is 1.82. The lowest BCUT2D eigenvalue weighted by atomic mass is 9.88. The first-order chi connectivity index (χ1) is 12.8. The van der Waals surface area contributed by atoms with Gasteiger partial charge in [-0.15, -0.1) is 0 Å². The second kappa shape index (κ2) is 10.6. The van der Waals surface area contributed by atoms with Crippen LogP contribution in [0, 0.1) is 17.8 Å². The van der Waals surface area contributed by atoms with Gasteiger partial charge in [-0.05, 0) is 77.9 Å². The molecule has 0 aromatic rings. The lowest BCUT2D eigenvalue weighted by Gasteiger charge is -2.22. The van der Waals surface area contributed by atoms with Crippen LogP contribution >= 0.6 is 0 Å². The summed E-state index contributed by atoms with van der Waals surface area (Å²) in [7, 11) is 4.24. The molecule has 1 saturated carbocycles. The van der Waals surface area contributed by atoms with Crippen LogP contribution < -0.4 is 0 Å². The molecule has 0 aromatic heterocycles. The van der Waals surface area contributed by atoms with Gasteiger partial charge in [-0.1, -0.05) is 55.7 Å². The van der Waals surface area contributed by atoms with Gasteiger partial charge in [-0.2, -0.15) is 0 Å². The van der Waals surface area contributed by atoms with Crippen LogP contribution in [0.4, 0.5) is 0 Å². The minimum atomic E-state index is -0.621. The molecule has 0 bridgehead atoms. The van der Waals surface area contributed by atoms with Crippen LogP contribution in [0.2, 0.25) is 0 Å². The summed E-state index contributed by atoms with van der Waals surface area (Å²) >= 11 is 0. The topological polar surface area (TPSA) is 43.7 Å². The van der Waals surface area contributed by atoms with Gasteiger partial charge in [0, 0.05) is 5.92 Å². The van der Waals surface area contributed by atoms with E-state index in [1.165, 1.54) is 12.0 Å². The Morgan fingerprint density at radius 2 is 2.04 bits per heavy atom. The molecule has 2 N–H and O–H groups in total. The standard InChI is InChI=1S/C24H41NO2/c1-5-6-13-24(2,27)14-10-12-21-22-17-19(16-20(22)18-23(21)26)11-8-7-9-15-25(3)4/h8,10-12,16,20-23,26-27H,5-7,9,13-15,17-18H2,1-4H3/b11-8-,12-10+/t20-,21+,22-,23+,24-/m0/s1. The quantitative estimate of drug-likeness (QED) is 0.406. The van der Waals surface area contributed by atoms with Gasteiger partial charge in [0.2, 0.25) is 0 Å². The first kappa shape index (κ1) is 22.4. The Morgan fingerprint density at radius 1 is 1.26 bits per heavy atom. The summed E-state index contributed by atoms with van der Waals surface area (Å²) in [5.41, 5.74) is 0.819. The highest BCUT2D eigenvalue weighted by Gasteiger charge is 2.42. The second-order valence-electron chi connectivity index (χ2n) is 9.23. The molecule has 5 atom stereocenters. The first-order valence-corrected chi connectivity index (χ1v) is 10.9. The van der Waals surface area contributed by atoms with E-state index in [1.54, 1.807) is 0 Å². The molecule has 0 saturated heterocycles. The van der Waals surface area contributed by atoms with Crippen LogP contribution in [-0.4, -0.2) is 47.5 Å². The van der Waals surface area contributed by atoms with Gasteiger partial charge in [-0.25, -0.2) is 0 Å². The van der Waals surface area contributed by atoms with Gasteiger partial charge < -0.3 is 15.1 Å². The number of aliphatic hydroxyl groups is 2. The van der Waals surface area contributed by atoms with Crippen molar-refractivity contribution in [2.75, 3.05) is 20.6 Å². The zero-order valence-electron chi connectivity index (χ0n) is 17.9. The van der Waals surface area contributed by atoms with Gasteiger partial charge in [0.1, 0.15) is 0 Å². The molecule has 3 heteroatoms. The van der Waals surface area contributed by atoms with E-state index in [2.05, 4.69) is 56.3 Å². The summed E-state index contributed by atoms with van der Waals surface area (Å²) in [6, 6.07) is 0. The minimum absolute atomic E-state index is 0.230. The highest BCUT2D eigenvalue weighted by molar-refractivity contribution is 5.28. The van der Waals surface area contributed by atoms with Crippen LogP contribution in [0.15, 0.2) is 36.0 Å². The maximum absolute atomic E-state index is 10.5. The normalized spacial score (nSPS) is 30.4. The zero-order valence-corrected chi connectivity index (χ0v) is 17.9. The summed E-state index contributed by atoms with van der Waals surface area (Å²) < 4.78 is 0. The van der Waals surface area contributed by atoms with E-state index in [4.69, 9.17) is 0 Å². The van der Waals surface area contributed by atoms with Crippen molar-refractivity contribution in [2.45, 2.75) is 76.9 Å². The number of aliphatic hydroxyl groups excluding tert-OH is 1. The summed E-state index contributed by atoms with van der Waals surface area (Å²) in [4.78, 5) is 2.23. The molecule has 3 nitrogen and oxygen atoms in total. The van der Waals surface area contributed by atoms with E-state index in [-0.39, 0.29) is 12.0 Å². The van der Waals surface area contributed by atoms with Gasteiger partial charge in [0.25, 0.3) is 0 Å². The molecule has 1 fully saturated rings. The van der Waals surface area contributed by atoms with Gasteiger partial charge in [0.15, 0.2) is 0 Å². The largest absolute Gasteiger partial charge is 0.392 e. The highest BCUT2D eigenvalue weighted by Crippen LogP contribution is 2.47. The molecule has 27 heavy (non-hydrogen) atoms. The minimum Gasteiger partial charge on any atom is -0.392 e. The fourth-order valence-corrected chi connectivity index (χ4v) is 4.57. The Morgan fingerprint density at radius 3 is 2.74 bits per heavy atom. The molecular weight excluding hydrogens is 334 g/mol. The molecule has 0 amide bonds. The van der Waals surface area contributed by atoms with Gasteiger partial charge >= 0.3 is 0 Å². The number of rotatable bonds is 11. The fraction of sp³-hybridized carbons (Fsp3) is 0.750. The van der Waals surface area contributed by atoms with E-state index >= 15 is 0 Å². The first-order valence-electron chi connectivity index (χ1n) is 10.9. The number of hydrogen-bond donors (Lipinski definition) is 2. The summed E-state index contributed by atoms with van der Waals surface area (Å²) in [6.45, 7) is 5.22. The summed E-state index contributed by atoms with van der Waals surface area (Å²) in [5, 5.41) is 20.9. The Hall–Kier alpha value is -0.900. The lowest BCUT2D eigenvalue weighted by Crippen LogP contribution is -2.23. The van der Waals surface area contributed by atoms with Crippen molar-refractivity contribution >= 4 is 0 Å². The van der Waals surface area contributed by atoms with Crippen molar-refractivity contribution < 1.29 is 10.2 Å². The Kier molecular flexibility index (Phi) is 8.78. The van der Waals surface area contributed by atoms with Crippen molar-refractivity contribution in [3.8, 4) is 0 Å². The van der Waals surface area contributed by atoms with Crippen LogP contribution in [0.3, 0.4) is 0 Å². The summed E-state index contributed by atoms with van der Waals surface area (Å²) in [6.07, 6.45) is 19.0. The number of unbranched alkanes of at least 4 members (excludes halogenated alkanes) is 2. The van der Waals surface area contributed by atoms with Crippen LogP contribution in [0.25, 0.3) is 0 Å². The average Bonchev–Trinajstić information content (AvgIpc) is 3.10. The van der Waals surface area contributed by atoms with E-state index in [0.29, 0.717) is 18.3 Å². The number of hydrogen-bond acceptors (Lipinski definition) is 3. The maximum Gasteiger partial charge on any atom is 0.0654 e. The number of fused-ring (bicyclic) bond motifs is 1. The predicted molar refractivity (Wildman–Crippen MR) is 115 cm³/mol. The molecular formula is C24H41NO2. The summed E-state index contributed by atoms with van der Waals surface area (Å²) in [5.74, 6) is 1.27. The molecule has 154 valence electrons. The van der Waals surface area contributed by atoms with Crippen LogP contribution in [-0.2, 0) is 0 Å². The van der Waals surface area contributed by atoms with Crippen LogP contribution in [0.5, 0.6) is 0 Å². The number of nitrogens with zero attached hydrogens (tertiary/aromatic N) is 1. The molecule has 0 unspecified atom stereocenters. The molecule has 0 heterocycles. The van der Waals surface area contributed by atoms with E-state index in [9.17, 15) is 10.2 Å².